The lowest BCUT2D eigenvalue weighted by atomic mass is 10.1. The smallest absolute Gasteiger partial charge is 0.192 e. The normalized spacial score (nSPS) is 11.3. The highest BCUT2D eigenvalue weighted by Gasteiger charge is 2.02. The number of unbranched alkanes of at least 4 members (excludes halogenated alkanes) is 1. The first kappa shape index (κ1) is 14.0. The average Bonchev–Trinajstić information content (AvgIpc) is 2.77. The third-order valence-electron chi connectivity index (χ3n) is 3.18. The summed E-state index contributed by atoms with van der Waals surface area (Å²) in [5, 5.41) is 6.63. The summed E-state index contributed by atoms with van der Waals surface area (Å²) in [6.07, 6.45) is 3.48. The van der Waals surface area contributed by atoms with Crippen molar-refractivity contribution in [3.8, 4) is 0 Å². The molecule has 0 amide bonds. The van der Waals surface area contributed by atoms with Crippen LogP contribution in [0.25, 0.3) is 11.1 Å². The van der Waals surface area contributed by atoms with Crippen molar-refractivity contribution in [2.75, 3.05) is 26.7 Å². The fraction of sp³-hybridized carbons (Fsp3) is 0.533. The Labute approximate surface area is 114 Å². The van der Waals surface area contributed by atoms with Gasteiger partial charge in [0.1, 0.15) is 5.52 Å². The molecule has 1 heterocycles. The number of nitrogens with zero attached hydrogens (tertiary/aromatic N) is 1. The number of benzene rings is 1. The summed E-state index contributed by atoms with van der Waals surface area (Å²) in [7, 11) is 1.99. The van der Waals surface area contributed by atoms with E-state index in [2.05, 4.69) is 27.8 Å². The number of rotatable bonds is 8. The Morgan fingerprint density at radius 2 is 2.00 bits per heavy atom. The molecule has 0 radical (unpaired) electrons. The Balaban J connectivity index is 1.72. The van der Waals surface area contributed by atoms with Gasteiger partial charge in [-0.25, -0.2) is 4.98 Å². The molecular weight excluding hydrogens is 238 g/mol. The van der Waals surface area contributed by atoms with E-state index in [0.717, 1.165) is 43.0 Å². The number of oxazole rings is 1. The van der Waals surface area contributed by atoms with Crippen LogP contribution in [-0.2, 0) is 6.42 Å². The van der Waals surface area contributed by atoms with Crippen molar-refractivity contribution in [2.45, 2.75) is 26.2 Å². The number of hydrogen-bond donors (Lipinski definition) is 2. The third-order valence-corrected chi connectivity index (χ3v) is 3.18. The number of aryl methyl sites for hydroxylation is 1. The van der Waals surface area contributed by atoms with E-state index in [-0.39, 0.29) is 0 Å². The van der Waals surface area contributed by atoms with Crippen molar-refractivity contribution >= 4 is 11.1 Å². The molecule has 0 aliphatic rings. The van der Waals surface area contributed by atoms with Gasteiger partial charge in [0.2, 0.25) is 0 Å². The summed E-state index contributed by atoms with van der Waals surface area (Å²) in [4.78, 5) is 4.30. The van der Waals surface area contributed by atoms with Crippen molar-refractivity contribution in [1.29, 1.82) is 0 Å². The number of aromatic nitrogens is 1. The standard InChI is InChI=1S/C15H23N3O/c1-12-18-14-6-5-13(11-15(14)19-12)7-10-17-9-4-3-8-16-2/h5-6,11,16-17H,3-4,7-10H2,1-2H3. The van der Waals surface area contributed by atoms with E-state index < -0.39 is 0 Å². The van der Waals surface area contributed by atoms with Gasteiger partial charge in [-0.3, -0.25) is 0 Å². The molecule has 0 saturated heterocycles. The molecule has 2 N–H and O–H groups in total. The van der Waals surface area contributed by atoms with Crippen LogP contribution in [0, 0.1) is 6.92 Å². The van der Waals surface area contributed by atoms with Gasteiger partial charge in [-0.05, 0) is 63.6 Å². The van der Waals surface area contributed by atoms with Crippen molar-refractivity contribution in [2.24, 2.45) is 0 Å². The first-order chi connectivity index (χ1) is 9.29. The van der Waals surface area contributed by atoms with Gasteiger partial charge < -0.3 is 15.1 Å². The van der Waals surface area contributed by atoms with Gasteiger partial charge in [-0.1, -0.05) is 6.07 Å². The summed E-state index contributed by atoms with van der Waals surface area (Å²) < 4.78 is 5.54. The van der Waals surface area contributed by atoms with Crippen LogP contribution in [0.15, 0.2) is 22.6 Å². The second kappa shape index (κ2) is 7.26. The van der Waals surface area contributed by atoms with Crippen LogP contribution in [0.2, 0.25) is 0 Å². The zero-order valence-corrected chi connectivity index (χ0v) is 11.8. The minimum Gasteiger partial charge on any atom is -0.441 e. The Bertz CT molecular complexity index is 507. The molecule has 4 heteroatoms. The maximum atomic E-state index is 5.54. The fourth-order valence-electron chi connectivity index (χ4n) is 2.15. The number of hydrogen-bond acceptors (Lipinski definition) is 4. The lowest BCUT2D eigenvalue weighted by Gasteiger charge is -2.04. The average molecular weight is 261 g/mol. The van der Waals surface area contributed by atoms with Gasteiger partial charge in [0.25, 0.3) is 0 Å². The summed E-state index contributed by atoms with van der Waals surface area (Å²) in [5.41, 5.74) is 3.14. The molecule has 2 rings (SSSR count). The molecule has 0 spiro atoms. The SMILES string of the molecule is CNCCCCNCCc1ccc2nc(C)oc2c1. The Kier molecular flexibility index (Phi) is 5.36. The monoisotopic (exact) mass is 261 g/mol. The molecule has 0 aliphatic heterocycles. The number of fused-ring (bicyclic) bond motifs is 1. The van der Waals surface area contributed by atoms with E-state index in [4.69, 9.17) is 4.42 Å². The molecule has 0 fully saturated rings. The molecule has 0 saturated carbocycles. The van der Waals surface area contributed by atoms with E-state index in [1.165, 1.54) is 18.4 Å². The van der Waals surface area contributed by atoms with Crippen LogP contribution in [-0.4, -0.2) is 31.7 Å². The lowest BCUT2D eigenvalue weighted by molar-refractivity contribution is 0.560. The van der Waals surface area contributed by atoms with E-state index in [0.29, 0.717) is 0 Å². The van der Waals surface area contributed by atoms with Crippen molar-refractivity contribution in [1.82, 2.24) is 15.6 Å². The predicted molar refractivity (Wildman–Crippen MR) is 78.5 cm³/mol. The summed E-state index contributed by atoms with van der Waals surface area (Å²) in [5.74, 6) is 0.731. The van der Waals surface area contributed by atoms with Gasteiger partial charge in [0.15, 0.2) is 11.5 Å². The molecule has 0 unspecified atom stereocenters. The molecule has 0 atom stereocenters. The Morgan fingerprint density at radius 1 is 1.16 bits per heavy atom. The van der Waals surface area contributed by atoms with Gasteiger partial charge in [0, 0.05) is 6.92 Å². The van der Waals surface area contributed by atoms with Gasteiger partial charge in [-0.2, -0.15) is 0 Å². The van der Waals surface area contributed by atoms with Crippen LogP contribution >= 0.6 is 0 Å². The molecular formula is C15H23N3O. The predicted octanol–water partition coefficient (Wildman–Crippen LogP) is 2.27. The van der Waals surface area contributed by atoms with Crippen molar-refractivity contribution < 1.29 is 4.42 Å². The van der Waals surface area contributed by atoms with Crippen LogP contribution in [0.5, 0.6) is 0 Å². The summed E-state index contributed by atoms with van der Waals surface area (Å²) in [6, 6.07) is 6.26. The van der Waals surface area contributed by atoms with Crippen molar-refractivity contribution in [3.63, 3.8) is 0 Å². The Morgan fingerprint density at radius 3 is 2.84 bits per heavy atom. The van der Waals surface area contributed by atoms with Crippen LogP contribution in [0.3, 0.4) is 0 Å². The van der Waals surface area contributed by atoms with E-state index in [9.17, 15) is 0 Å². The molecule has 104 valence electrons. The van der Waals surface area contributed by atoms with Crippen molar-refractivity contribution in [3.05, 3.63) is 29.7 Å². The first-order valence-electron chi connectivity index (χ1n) is 7.01. The van der Waals surface area contributed by atoms with Crippen LogP contribution in [0.1, 0.15) is 24.3 Å². The quantitative estimate of drug-likeness (QED) is 0.716. The summed E-state index contributed by atoms with van der Waals surface area (Å²) >= 11 is 0. The highest BCUT2D eigenvalue weighted by molar-refractivity contribution is 5.73. The highest BCUT2D eigenvalue weighted by Crippen LogP contribution is 2.16. The largest absolute Gasteiger partial charge is 0.441 e. The maximum Gasteiger partial charge on any atom is 0.192 e. The zero-order valence-electron chi connectivity index (χ0n) is 11.8. The molecule has 4 nitrogen and oxygen atoms in total. The second-order valence-corrected chi connectivity index (χ2v) is 4.85. The first-order valence-corrected chi connectivity index (χ1v) is 7.01. The van der Waals surface area contributed by atoms with E-state index in [1.54, 1.807) is 0 Å². The topological polar surface area (TPSA) is 50.1 Å². The van der Waals surface area contributed by atoms with E-state index in [1.807, 2.05) is 20.0 Å². The molecule has 19 heavy (non-hydrogen) atoms. The highest BCUT2D eigenvalue weighted by atomic mass is 16.3. The van der Waals surface area contributed by atoms with E-state index >= 15 is 0 Å². The zero-order chi connectivity index (χ0) is 13.5. The molecule has 1 aromatic carbocycles. The minimum absolute atomic E-state index is 0.731. The molecule has 2 aromatic rings. The van der Waals surface area contributed by atoms with Crippen LogP contribution in [0.4, 0.5) is 0 Å². The van der Waals surface area contributed by atoms with Gasteiger partial charge >= 0.3 is 0 Å². The van der Waals surface area contributed by atoms with Gasteiger partial charge in [-0.15, -0.1) is 0 Å². The number of nitrogens with one attached hydrogen (secondary N) is 2. The molecule has 1 aromatic heterocycles. The molecule has 0 bridgehead atoms. The minimum atomic E-state index is 0.731. The molecule has 0 aliphatic carbocycles. The van der Waals surface area contributed by atoms with Gasteiger partial charge in [0.05, 0.1) is 0 Å². The Hall–Kier alpha value is -1.39. The summed E-state index contributed by atoms with van der Waals surface area (Å²) in [6.45, 7) is 5.08. The third kappa shape index (κ3) is 4.33. The second-order valence-electron chi connectivity index (χ2n) is 4.85. The fourth-order valence-corrected chi connectivity index (χ4v) is 2.15. The van der Waals surface area contributed by atoms with Crippen LogP contribution < -0.4 is 10.6 Å². The maximum absolute atomic E-state index is 5.54. The lowest BCUT2D eigenvalue weighted by Crippen LogP contribution is -2.19.